The first kappa shape index (κ1) is 8.46. The van der Waals surface area contributed by atoms with E-state index in [1.807, 2.05) is 0 Å². The van der Waals surface area contributed by atoms with Crippen molar-refractivity contribution in [2.24, 2.45) is 0 Å². The molecule has 0 unspecified atom stereocenters. The summed E-state index contributed by atoms with van der Waals surface area (Å²) >= 11 is 5.25. The van der Waals surface area contributed by atoms with Crippen LogP contribution in [0.3, 0.4) is 0 Å². The van der Waals surface area contributed by atoms with E-state index in [-0.39, 0.29) is 0 Å². The second-order valence-corrected chi connectivity index (χ2v) is 3.60. The fourth-order valence-corrected chi connectivity index (χ4v) is 1.84. The Bertz CT molecular complexity index is 237. The first-order chi connectivity index (χ1) is 4.61. The first-order valence-electron chi connectivity index (χ1n) is 2.48. The average molecular weight is 308 g/mol. The SMILES string of the molecule is [CH]c1cc(I)nc(Br)c1[CH]. The minimum Gasteiger partial charge on any atom is -0.235 e. The molecule has 1 aromatic rings. The van der Waals surface area contributed by atoms with E-state index in [4.69, 9.17) is 13.8 Å². The van der Waals surface area contributed by atoms with Gasteiger partial charge < -0.3 is 0 Å². The van der Waals surface area contributed by atoms with Crippen LogP contribution in [0.2, 0.25) is 0 Å². The largest absolute Gasteiger partial charge is 0.235 e. The van der Waals surface area contributed by atoms with E-state index >= 15 is 0 Å². The summed E-state index contributed by atoms with van der Waals surface area (Å²) in [6.45, 7) is 11.0. The molecule has 0 aliphatic carbocycles. The Morgan fingerprint density at radius 3 is 2.60 bits per heavy atom. The lowest BCUT2D eigenvalue weighted by Gasteiger charge is -2.00. The third kappa shape index (κ3) is 1.69. The summed E-state index contributed by atoms with van der Waals surface area (Å²) < 4.78 is 1.44. The van der Waals surface area contributed by atoms with E-state index in [9.17, 15) is 0 Å². The minimum absolute atomic E-state index is 0.500. The molecule has 3 heteroatoms. The van der Waals surface area contributed by atoms with Crippen molar-refractivity contribution in [3.63, 3.8) is 0 Å². The van der Waals surface area contributed by atoms with Crippen LogP contribution in [0.25, 0.3) is 0 Å². The fraction of sp³-hybridized carbons (Fsp3) is 0. The summed E-state index contributed by atoms with van der Waals surface area (Å²) in [5.74, 6) is 0. The molecule has 0 spiro atoms. The Morgan fingerprint density at radius 1 is 1.50 bits per heavy atom. The van der Waals surface area contributed by atoms with Gasteiger partial charge in [0.1, 0.15) is 8.30 Å². The fourth-order valence-electron chi connectivity index (χ4n) is 0.511. The lowest BCUT2D eigenvalue weighted by Crippen LogP contribution is -1.89. The molecular weight excluding hydrogens is 305 g/mol. The molecule has 10 heavy (non-hydrogen) atoms. The molecule has 0 aromatic carbocycles. The minimum atomic E-state index is 0.500. The number of aromatic nitrogens is 1. The smallest absolute Gasteiger partial charge is 0.111 e. The highest BCUT2D eigenvalue weighted by Crippen LogP contribution is 2.18. The van der Waals surface area contributed by atoms with Crippen LogP contribution in [-0.4, -0.2) is 4.98 Å². The van der Waals surface area contributed by atoms with Crippen molar-refractivity contribution in [3.05, 3.63) is 39.3 Å². The molecule has 1 rings (SSSR count). The van der Waals surface area contributed by atoms with E-state index in [1.54, 1.807) is 6.07 Å². The third-order valence-corrected chi connectivity index (χ3v) is 2.17. The Balaban J connectivity index is 3.31. The molecule has 1 nitrogen and oxygen atoms in total. The van der Waals surface area contributed by atoms with Gasteiger partial charge in [0, 0.05) is 6.92 Å². The zero-order chi connectivity index (χ0) is 7.72. The van der Waals surface area contributed by atoms with Crippen LogP contribution < -0.4 is 0 Å². The topological polar surface area (TPSA) is 12.9 Å². The summed E-state index contributed by atoms with van der Waals surface area (Å²) in [6, 6.07) is 1.72. The average Bonchev–Trinajstić information content (AvgIpc) is 1.82. The second kappa shape index (κ2) is 3.17. The lowest BCUT2D eigenvalue weighted by molar-refractivity contribution is 1.19. The molecular formula is C7H3BrIN. The normalized spacial score (nSPS) is 10.0. The number of halogens is 2. The van der Waals surface area contributed by atoms with E-state index in [0.29, 0.717) is 15.7 Å². The van der Waals surface area contributed by atoms with Crippen molar-refractivity contribution in [1.82, 2.24) is 4.98 Å². The summed E-state index contributed by atoms with van der Waals surface area (Å²) in [5.41, 5.74) is 1.06. The van der Waals surface area contributed by atoms with Crippen LogP contribution >= 0.6 is 38.5 Å². The number of hydrogen-bond acceptors (Lipinski definition) is 1. The Kier molecular flexibility index (Phi) is 2.68. The Morgan fingerprint density at radius 2 is 2.10 bits per heavy atom. The van der Waals surface area contributed by atoms with Crippen molar-refractivity contribution >= 4 is 38.5 Å². The molecule has 0 aliphatic heterocycles. The van der Waals surface area contributed by atoms with Gasteiger partial charge >= 0.3 is 0 Å². The van der Waals surface area contributed by atoms with Crippen molar-refractivity contribution in [2.75, 3.05) is 0 Å². The van der Waals surface area contributed by atoms with Crippen molar-refractivity contribution in [2.45, 2.75) is 0 Å². The van der Waals surface area contributed by atoms with E-state index in [2.05, 4.69) is 43.5 Å². The van der Waals surface area contributed by atoms with E-state index in [0.717, 1.165) is 3.70 Å². The van der Waals surface area contributed by atoms with Crippen molar-refractivity contribution in [3.8, 4) is 0 Å². The number of pyridine rings is 1. The molecule has 0 N–H and O–H groups in total. The van der Waals surface area contributed by atoms with Crippen LogP contribution in [-0.2, 0) is 0 Å². The molecule has 0 amide bonds. The molecule has 0 fully saturated rings. The highest BCUT2D eigenvalue weighted by atomic mass is 127. The predicted octanol–water partition coefficient (Wildman–Crippen LogP) is 2.57. The third-order valence-electron chi connectivity index (χ3n) is 1.01. The highest BCUT2D eigenvalue weighted by molar-refractivity contribution is 14.1. The second-order valence-electron chi connectivity index (χ2n) is 1.74. The number of nitrogens with zero attached hydrogens (tertiary/aromatic N) is 1. The van der Waals surface area contributed by atoms with Gasteiger partial charge in [0.25, 0.3) is 0 Å². The van der Waals surface area contributed by atoms with E-state index in [1.165, 1.54) is 0 Å². The Hall–Kier alpha value is 0.360. The van der Waals surface area contributed by atoms with Gasteiger partial charge in [-0.15, -0.1) is 0 Å². The van der Waals surface area contributed by atoms with Gasteiger partial charge in [0.05, 0.1) is 0 Å². The predicted molar refractivity (Wildman–Crippen MR) is 51.5 cm³/mol. The van der Waals surface area contributed by atoms with Crippen molar-refractivity contribution < 1.29 is 0 Å². The van der Waals surface area contributed by atoms with Crippen LogP contribution in [0.5, 0.6) is 0 Å². The van der Waals surface area contributed by atoms with Crippen LogP contribution in [0.4, 0.5) is 0 Å². The summed E-state index contributed by atoms with van der Waals surface area (Å²) in [5, 5.41) is 0. The molecule has 0 saturated carbocycles. The maximum atomic E-state index is 5.52. The molecule has 1 heterocycles. The number of hydrogen-bond donors (Lipinski definition) is 0. The quantitative estimate of drug-likeness (QED) is 0.530. The molecule has 50 valence electrons. The standard InChI is InChI=1S/C7H3BrIN/c1-4-3-6(9)10-7(8)5(4)2/h1-3H. The number of rotatable bonds is 0. The van der Waals surface area contributed by atoms with Gasteiger partial charge in [-0.25, -0.2) is 4.98 Å². The molecule has 0 atom stereocenters. The molecule has 0 aliphatic rings. The lowest BCUT2D eigenvalue weighted by atomic mass is 10.2. The van der Waals surface area contributed by atoms with Gasteiger partial charge in [-0.1, -0.05) is 0 Å². The zero-order valence-electron chi connectivity index (χ0n) is 4.94. The first-order valence-corrected chi connectivity index (χ1v) is 4.35. The molecule has 0 saturated heterocycles. The monoisotopic (exact) mass is 307 g/mol. The van der Waals surface area contributed by atoms with Gasteiger partial charge in [0.15, 0.2) is 0 Å². The van der Waals surface area contributed by atoms with Gasteiger partial charge in [0.2, 0.25) is 0 Å². The van der Waals surface area contributed by atoms with Gasteiger partial charge in [-0.05, 0) is 62.6 Å². The van der Waals surface area contributed by atoms with Crippen LogP contribution in [0.1, 0.15) is 11.1 Å². The van der Waals surface area contributed by atoms with Crippen molar-refractivity contribution in [1.29, 1.82) is 0 Å². The summed E-state index contributed by atoms with van der Waals surface area (Å²) in [4.78, 5) is 4.03. The van der Waals surface area contributed by atoms with Gasteiger partial charge in [-0.3, -0.25) is 0 Å². The Labute approximate surface area is 82.5 Å². The zero-order valence-corrected chi connectivity index (χ0v) is 8.68. The summed E-state index contributed by atoms with van der Waals surface area (Å²) in [7, 11) is 0. The molecule has 0 bridgehead atoms. The highest BCUT2D eigenvalue weighted by Gasteiger charge is 2.00. The van der Waals surface area contributed by atoms with E-state index < -0.39 is 0 Å². The maximum Gasteiger partial charge on any atom is 0.111 e. The molecule has 1 aromatic heterocycles. The maximum absolute atomic E-state index is 5.52. The van der Waals surface area contributed by atoms with Crippen LogP contribution in [0, 0.1) is 17.5 Å². The molecule has 4 radical (unpaired) electrons. The summed E-state index contributed by atoms with van der Waals surface area (Å²) in [6.07, 6.45) is 0. The van der Waals surface area contributed by atoms with Gasteiger partial charge in [-0.2, -0.15) is 0 Å². The van der Waals surface area contributed by atoms with Crippen LogP contribution in [0.15, 0.2) is 10.7 Å².